The molecule has 0 atom stereocenters. The summed E-state index contributed by atoms with van der Waals surface area (Å²) in [6.07, 6.45) is 1.63. The first-order valence-corrected chi connectivity index (χ1v) is 10.5. The number of ketones is 1. The lowest BCUT2D eigenvalue weighted by Gasteiger charge is -2.09. The Morgan fingerprint density at radius 1 is 1.00 bits per heavy atom. The van der Waals surface area contributed by atoms with Crippen molar-refractivity contribution in [3.05, 3.63) is 88.3 Å². The minimum Gasteiger partial charge on any atom is -0.467 e. The van der Waals surface area contributed by atoms with Gasteiger partial charge in [-0.3, -0.25) is 9.36 Å². The fraction of sp³-hybridized carbons (Fsp3) is 0.0952. The van der Waals surface area contributed by atoms with Gasteiger partial charge < -0.3 is 4.42 Å². The second-order valence-electron chi connectivity index (χ2n) is 6.18. The Morgan fingerprint density at radius 2 is 1.83 bits per heavy atom. The van der Waals surface area contributed by atoms with Crippen LogP contribution in [0.4, 0.5) is 0 Å². The Labute approximate surface area is 181 Å². The van der Waals surface area contributed by atoms with Gasteiger partial charge >= 0.3 is 0 Å². The molecule has 0 radical (unpaired) electrons. The van der Waals surface area contributed by atoms with Gasteiger partial charge in [-0.15, -0.1) is 10.2 Å². The van der Waals surface area contributed by atoms with Crippen LogP contribution in [0.1, 0.15) is 16.1 Å². The number of halogens is 2. The van der Waals surface area contributed by atoms with Crippen LogP contribution in [-0.4, -0.2) is 26.3 Å². The third-order valence-electron chi connectivity index (χ3n) is 4.22. The van der Waals surface area contributed by atoms with Gasteiger partial charge in [-0.25, -0.2) is 0 Å². The minimum absolute atomic E-state index is 0.0672. The van der Waals surface area contributed by atoms with Crippen LogP contribution in [0.2, 0.25) is 10.0 Å². The molecule has 5 nitrogen and oxygen atoms in total. The number of thioether (sulfide) groups is 1. The predicted octanol–water partition coefficient (Wildman–Crippen LogP) is 5.87. The van der Waals surface area contributed by atoms with E-state index in [1.807, 2.05) is 47.0 Å². The van der Waals surface area contributed by atoms with E-state index in [4.69, 9.17) is 27.6 Å². The maximum atomic E-state index is 12.6. The summed E-state index contributed by atoms with van der Waals surface area (Å²) in [5.41, 5.74) is 1.45. The summed E-state index contributed by atoms with van der Waals surface area (Å²) in [4.78, 5) is 12.6. The first-order valence-electron chi connectivity index (χ1n) is 8.74. The van der Waals surface area contributed by atoms with Gasteiger partial charge in [0.15, 0.2) is 16.8 Å². The maximum absolute atomic E-state index is 12.6. The van der Waals surface area contributed by atoms with Gasteiger partial charge in [-0.2, -0.15) is 0 Å². The zero-order chi connectivity index (χ0) is 20.2. The molecule has 0 unspecified atom stereocenters. The van der Waals surface area contributed by atoms with Crippen LogP contribution < -0.4 is 0 Å². The van der Waals surface area contributed by atoms with Gasteiger partial charge in [0.25, 0.3) is 0 Å². The number of furan rings is 1. The number of benzene rings is 2. The lowest BCUT2D eigenvalue weighted by atomic mass is 10.1. The first-order chi connectivity index (χ1) is 14.1. The van der Waals surface area contributed by atoms with Gasteiger partial charge in [-0.1, -0.05) is 65.3 Å². The van der Waals surface area contributed by atoms with E-state index in [2.05, 4.69) is 10.2 Å². The lowest BCUT2D eigenvalue weighted by molar-refractivity contribution is 0.102. The zero-order valence-electron chi connectivity index (χ0n) is 15.1. The topological polar surface area (TPSA) is 60.9 Å². The molecule has 4 rings (SSSR count). The normalized spacial score (nSPS) is 11.0. The van der Waals surface area contributed by atoms with Crippen LogP contribution in [0.5, 0.6) is 0 Å². The third-order valence-corrected chi connectivity index (χ3v) is 5.92. The zero-order valence-corrected chi connectivity index (χ0v) is 17.4. The van der Waals surface area contributed by atoms with E-state index in [-0.39, 0.29) is 11.5 Å². The van der Waals surface area contributed by atoms with E-state index in [0.29, 0.717) is 33.1 Å². The van der Waals surface area contributed by atoms with Crippen LogP contribution in [-0.2, 0) is 6.54 Å². The molecule has 2 aromatic carbocycles. The molecule has 0 saturated heterocycles. The summed E-state index contributed by atoms with van der Waals surface area (Å²) >= 11 is 13.3. The number of hydrogen-bond donors (Lipinski definition) is 0. The smallest absolute Gasteiger partial charge is 0.192 e. The van der Waals surface area contributed by atoms with Crippen molar-refractivity contribution in [1.82, 2.24) is 14.8 Å². The largest absolute Gasteiger partial charge is 0.467 e. The molecule has 2 heterocycles. The monoisotopic (exact) mass is 443 g/mol. The summed E-state index contributed by atoms with van der Waals surface area (Å²) < 4.78 is 7.44. The van der Waals surface area contributed by atoms with Gasteiger partial charge in [0.05, 0.1) is 28.6 Å². The van der Waals surface area contributed by atoms with E-state index >= 15 is 0 Å². The summed E-state index contributed by atoms with van der Waals surface area (Å²) in [5, 5.41) is 10.1. The van der Waals surface area contributed by atoms with Crippen molar-refractivity contribution in [3.63, 3.8) is 0 Å². The molecule has 2 aromatic heterocycles. The van der Waals surface area contributed by atoms with E-state index in [9.17, 15) is 4.79 Å². The van der Waals surface area contributed by atoms with Crippen molar-refractivity contribution in [3.8, 4) is 11.4 Å². The first kappa shape index (κ1) is 19.8. The molecule has 0 aliphatic heterocycles. The number of aromatic nitrogens is 3. The Balaban J connectivity index is 1.58. The molecule has 0 saturated carbocycles. The second kappa shape index (κ2) is 8.86. The van der Waals surface area contributed by atoms with E-state index in [0.717, 1.165) is 11.3 Å². The van der Waals surface area contributed by atoms with Crippen molar-refractivity contribution in [2.24, 2.45) is 0 Å². The lowest BCUT2D eigenvalue weighted by Crippen LogP contribution is -2.06. The molecule has 0 fully saturated rings. The second-order valence-corrected chi connectivity index (χ2v) is 7.94. The fourth-order valence-corrected chi connectivity index (χ4v) is 3.91. The molecule has 8 heteroatoms. The van der Waals surface area contributed by atoms with Crippen molar-refractivity contribution in [1.29, 1.82) is 0 Å². The molecule has 4 aromatic rings. The highest BCUT2D eigenvalue weighted by molar-refractivity contribution is 7.99. The number of hydrogen-bond acceptors (Lipinski definition) is 5. The molecular formula is C21H15Cl2N3O2S. The van der Waals surface area contributed by atoms with Crippen molar-refractivity contribution in [2.45, 2.75) is 11.7 Å². The molecule has 0 bridgehead atoms. The van der Waals surface area contributed by atoms with Crippen LogP contribution in [0, 0.1) is 0 Å². The highest BCUT2D eigenvalue weighted by Gasteiger charge is 2.17. The van der Waals surface area contributed by atoms with E-state index < -0.39 is 0 Å². The quantitative estimate of drug-likeness (QED) is 0.264. The molecule has 0 aliphatic carbocycles. The SMILES string of the molecule is O=C(CSc1nnc(-c2ccccc2)n1Cc1ccco1)c1ccc(Cl)c(Cl)c1. The number of carbonyl (C=O) groups is 1. The molecule has 0 amide bonds. The molecule has 0 aliphatic rings. The Kier molecular flexibility index (Phi) is 6.04. The van der Waals surface area contributed by atoms with Crippen LogP contribution in [0.15, 0.2) is 76.5 Å². The fourth-order valence-electron chi connectivity index (χ4n) is 2.78. The van der Waals surface area contributed by atoms with Gasteiger partial charge in [0.1, 0.15) is 5.76 Å². The molecule has 146 valence electrons. The molecule has 0 N–H and O–H groups in total. The van der Waals surface area contributed by atoms with E-state index in [1.54, 1.807) is 24.5 Å². The number of Topliss-reactive ketones (excluding diaryl/α,β-unsaturated/α-hetero) is 1. The Morgan fingerprint density at radius 3 is 2.55 bits per heavy atom. The standard InChI is InChI=1S/C21H15Cl2N3O2S/c22-17-9-8-15(11-18(17)23)19(27)13-29-21-25-24-20(14-5-2-1-3-6-14)26(21)12-16-7-4-10-28-16/h1-11H,12-13H2. The summed E-state index contributed by atoms with van der Waals surface area (Å²) in [6.45, 7) is 0.466. The van der Waals surface area contributed by atoms with Gasteiger partial charge in [0.2, 0.25) is 0 Å². The summed E-state index contributed by atoms with van der Waals surface area (Å²) in [7, 11) is 0. The number of nitrogens with zero attached hydrogens (tertiary/aromatic N) is 3. The Hall–Kier alpha value is -2.54. The van der Waals surface area contributed by atoms with Gasteiger partial charge in [0, 0.05) is 11.1 Å². The molecule has 0 spiro atoms. The predicted molar refractivity (Wildman–Crippen MR) is 115 cm³/mol. The highest BCUT2D eigenvalue weighted by Crippen LogP contribution is 2.27. The van der Waals surface area contributed by atoms with Crippen molar-refractivity contribution < 1.29 is 9.21 Å². The average molecular weight is 444 g/mol. The van der Waals surface area contributed by atoms with Crippen LogP contribution >= 0.6 is 35.0 Å². The van der Waals surface area contributed by atoms with E-state index in [1.165, 1.54) is 11.8 Å². The average Bonchev–Trinajstić information content (AvgIpc) is 3.39. The summed E-state index contributed by atoms with van der Waals surface area (Å²) in [6, 6.07) is 18.4. The highest BCUT2D eigenvalue weighted by atomic mass is 35.5. The minimum atomic E-state index is -0.0672. The van der Waals surface area contributed by atoms with Crippen LogP contribution in [0.3, 0.4) is 0 Å². The number of rotatable bonds is 7. The number of carbonyl (C=O) groups excluding carboxylic acids is 1. The van der Waals surface area contributed by atoms with Gasteiger partial charge in [-0.05, 0) is 30.3 Å². The summed E-state index contributed by atoms with van der Waals surface area (Å²) in [5.74, 6) is 1.62. The Bertz CT molecular complexity index is 1130. The third kappa shape index (κ3) is 4.56. The van der Waals surface area contributed by atoms with Crippen LogP contribution in [0.25, 0.3) is 11.4 Å². The molecule has 29 heavy (non-hydrogen) atoms. The van der Waals surface area contributed by atoms with Crippen molar-refractivity contribution in [2.75, 3.05) is 5.75 Å². The molecular weight excluding hydrogens is 429 g/mol. The maximum Gasteiger partial charge on any atom is 0.192 e. The van der Waals surface area contributed by atoms with Crippen molar-refractivity contribution >= 4 is 40.7 Å².